The van der Waals surface area contributed by atoms with Gasteiger partial charge in [0.05, 0.1) is 45.6 Å². The van der Waals surface area contributed by atoms with Crippen molar-refractivity contribution in [1.82, 2.24) is 19.9 Å². The largest absolute Gasteiger partial charge is 0.356 e. The second-order valence-corrected chi connectivity index (χ2v) is 25.5. The Balaban J connectivity index is 0.000000160. The van der Waals surface area contributed by atoms with Crippen LogP contribution in [0.1, 0.15) is 0 Å². The van der Waals surface area contributed by atoms with Gasteiger partial charge in [-0.05, 0) is 121 Å². The number of nitrogens with zero attached hydrogens (tertiary/aromatic N) is 6. The number of aromatic nitrogens is 4. The Bertz CT molecular complexity index is 4840. The fourth-order valence-electron chi connectivity index (χ4n) is 12.0. The molecule has 0 aliphatic carbocycles. The molecule has 16 aromatic rings. The van der Waals surface area contributed by atoms with Gasteiger partial charge in [-0.1, -0.05) is 311 Å². The number of nitrogens with one attached hydrogen (secondary N) is 1. The number of halogens is 2. The van der Waals surface area contributed by atoms with E-state index in [0.717, 1.165) is 145 Å². The van der Waals surface area contributed by atoms with Crippen LogP contribution in [0.15, 0.2) is 409 Å². The van der Waals surface area contributed by atoms with Crippen molar-refractivity contribution in [2.75, 3.05) is 15.1 Å². The smallest absolute Gasteiger partial charge is 0.0973 e. The highest BCUT2D eigenvalue weighted by atomic mass is 79.9. The molecule has 16 rings (SSSR count). The predicted octanol–water partition coefficient (Wildman–Crippen LogP) is 26.2. The third-order valence-electron chi connectivity index (χ3n) is 16.9. The third-order valence-corrected chi connectivity index (χ3v) is 18.0. The number of anilines is 8. The summed E-state index contributed by atoms with van der Waals surface area (Å²) in [6.45, 7) is 0. The van der Waals surface area contributed by atoms with E-state index < -0.39 is 0 Å². The van der Waals surface area contributed by atoms with Crippen LogP contribution in [0.5, 0.6) is 0 Å². The molecule has 0 aliphatic heterocycles. The summed E-state index contributed by atoms with van der Waals surface area (Å²) in [5, 5.41) is 3.30. The molecule has 0 fully saturated rings. The normalized spacial score (nSPS) is 10.7. The molecule has 0 aliphatic rings. The lowest BCUT2D eigenvalue weighted by Gasteiger charge is -2.26. The average Bonchev–Trinajstić information content (AvgIpc) is 0.771. The minimum absolute atomic E-state index is 0.816. The second kappa shape index (κ2) is 32.3. The maximum absolute atomic E-state index is 5.52. The Morgan fingerprint density at radius 1 is 0.168 bits per heavy atom. The minimum atomic E-state index is 0.816. The maximum Gasteiger partial charge on any atom is 0.0973 e. The average molecular weight is 1430 g/mol. The molecule has 0 spiro atoms. The molecule has 0 saturated carbocycles. The van der Waals surface area contributed by atoms with Crippen LogP contribution in [-0.4, -0.2) is 19.9 Å². The topological polar surface area (TPSA) is 70.1 Å². The standard InChI is InChI=1S/C52H38N4.C28H18Br2N2.C12H11N/c1-7-19-39(20-8-1)49-50(40-21-9-2-10-22-40)54-52(42-33-37-48(38-34-42)56(45-27-15-5-16-28-45)46-29-17-6-18-30-46)51(53-49)41-31-35-47(36-32-41)55(43-23-11-3-12-24-43)44-25-13-4-14-26-44;29-23-15-11-21(12-16-23)27-28(22-13-17-24(30)18-14-22)32-26(20-9-5-2-6-10-20)25(31-27)19-7-3-1-4-8-19;1-3-7-11(8-4-1)13-12-9-5-2-6-10-12/h1-38H;1-18H;1-10,13H. The molecule has 2 heterocycles. The Labute approximate surface area is 607 Å². The van der Waals surface area contributed by atoms with Crippen molar-refractivity contribution in [3.63, 3.8) is 0 Å². The van der Waals surface area contributed by atoms with Crippen LogP contribution < -0.4 is 15.1 Å². The molecule has 9 heteroatoms. The molecule has 0 amide bonds. The zero-order valence-corrected chi connectivity index (χ0v) is 58.2. The zero-order valence-electron chi connectivity index (χ0n) is 55.0. The van der Waals surface area contributed by atoms with Gasteiger partial charge in [-0.25, -0.2) is 19.9 Å². The molecule has 101 heavy (non-hydrogen) atoms. The maximum atomic E-state index is 5.52. The molecule has 0 bridgehead atoms. The van der Waals surface area contributed by atoms with Gasteiger partial charge in [0.15, 0.2) is 0 Å². The quantitative estimate of drug-likeness (QED) is 0.103. The Hall–Kier alpha value is -12.4. The van der Waals surface area contributed by atoms with Crippen LogP contribution in [0.25, 0.3) is 90.1 Å². The van der Waals surface area contributed by atoms with E-state index >= 15 is 0 Å². The molecule has 484 valence electrons. The Morgan fingerprint density at radius 2 is 0.327 bits per heavy atom. The monoisotopic (exact) mass is 1430 g/mol. The van der Waals surface area contributed by atoms with Gasteiger partial charge in [0.25, 0.3) is 0 Å². The molecular weight excluding hydrogens is 1360 g/mol. The minimum Gasteiger partial charge on any atom is -0.356 e. The van der Waals surface area contributed by atoms with Gasteiger partial charge in [0, 0.05) is 99.0 Å². The van der Waals surface area contributed by atoms with Gasteiger partial charge < -0.3 is 15.1 Å². The molecular formula is C92H67Br2N7. The number of benzene rings is 14. The summed E-state index contributed by atoms with van der Waals surface area (Å²) in [6.07, 6.45) is 0. The lowest BCUT2D eigenvalue weighted by molar-refractivity contribution is 1.21. The van der Waals surface area contributed by atoms with E-state index in [4.69, 9.17) is 19.9 Å². The van der Waals surface area contributed by atoms with E-state index in [1.807, 2.05) is 158 Å². The lowest BCUT2D eigenvalue weighted by Crippen LogP contribution is -2.09. The number of hydrogen-bond acceptors (Lipinski definition) is 7. The molecule has 1 N–H and O–H groups in total. The molecule has 0 radical (unpaired) electrons. The van der Waals surface area contributed by atoms with Gasteiger partial charge in [-0.2, -0.15) is 0 Å². The van der Waals surface area contributed by atoms with E-state index in [1.165, 1.54) is 0 Å². The highest BCUT2D eigenvalue weighted by Crippen LogP contribution is 2.43. The number of para-hydroxylation sites is 6. The fraction of sp³-hybridized carbons (Fsp3) is 0. The Kier molecular flexibility index (Phi) is 21.1. The molecule has 14 aromatic carbocycles. The van der Waals surface area contributed by atoms with Crippen LogP contribution >= 0.6 is 31.9 Å². The van der Waals surface area contributed by atoms with E-state index in [-0.39, 0.29) is 0 Å². The first-order chi connectivity index (χ1) is 49.9. The van der Waals surface area contributed by atoms with Crippen LogP contribution in [0, 0.1) is 0 Å². The van der Waals surface area contributed by atoms with E-state index in [0.29, 0.717) is 0 Å². The molecule has 0 unspecified atom stereocenters. The third kappa shape index (κ3) is 16.1. The van der Waals surface area contributed by atoms with Crippen molar-refractivity contribution >= 4 is 77.4 Å². The van der Waals surface area contributed by atoms with Crippen molar-refractivity contribution in [1.29, 1.82) is 0 Å². The summed E-state index contributed by atoms with van der Waals surface area (Å²) in [7, 11) is 0. The van der Waals surface area contributed by atoms with Crippen molar-refractivity contribution in [3.8, 4) is 90.1 Å². The first-order valence-electron chi connectivity index (χ1n) is 33.4. The van der Waals surface area contributed by atoms with Gasteiger partial charge in [0.1, 0.15) is 0 Å². The molecule has 7 nitrogen and oxygen atoms in total. The van der Waals surface area contributed by atoms with E-state index in [9.17, 15) is 0 Å². The molecule has 0 atom stereocenters. The summed E-state index contributed by atoms with van der Waals surface area (Å²) in [5.74, 6) is 0. The lowest BCUT2D eigenvalue weighted by atomic mass is 9.99. The van der Waals surface area contributed by atoms with E-state index in [1.54, 1.807) is 0 Å². The number of hydrogen-bond donors (Lipinski definition) is 1. The van der Waals surface area contributed by atoms with Crippen molar-refractivity contribution < 1.29 is 0 Å². The van der Waals surface area contributed by atoms with Crippen LogP contribution in [0.4, 0.5) is 45.5 Å². The highest BCUT2D eigenvalue weighted by Gasteiger charge is 2.23. The van der Waals surface area contributed by atoms with Gasteiger partial charge >= 0.3 is 0 Å². The summed E-state index contributed by atoms with van der Waals surface area (Å²) in [4.78, 5) is 26.0. The summed E-state index contributed by atoms with van der Waals surface area (Å²) in [6, 6.07) is 137. The predicted molar refractivity (Wildman–Crippen MR) is 428 cm³/mol. The van der Waals surface area contributed by atoms with Gasteiger partial charge in [0.2, 0.25) is 0 Å². The first kappa shape index (κ1) is 65.9. The van der Waals surface area contributed by atoms with Gasteiger partial charge in [-0.3, -0.25) is 0 Å². The van der Waals surface area contributed by atoms with Crippen LogP contribution in [0.2, 0.25) is 0 Å². The zero-order chi connectivity index (χ0) is 68.4. The summed E-state index contributed by atoms with van der Waals surface area (Å²) in [5.41, 5.74) is 23.6. The van der Waals surface area contributed by atoms with Crippen LogP contribution in [-0.2, 0) is 0 Å². The second-order valence-electron chi connectivity index (χ2n) is 23.7. The summed E-state index contributed by atoms with van der Waals surface area (Å²) < 4.78 is 2.06. The molecule has 2 aromatic heterocycles. The van der Waals surface area contributed by atoms with Crippen molar-refractivity contribution in [2.45, 2.75) is 0 Å². The van der Waals surface area contributed by atoms with Crippen molar-refractivity contribution in [3.05, 3.63) is 409 Å². The highest BCUT2D eigenvalue weighted by molar-refractivity contribution is 9.10. The Morgan fingerprint density at radius 3 is 0.535 bits per heavy atom. The van der Waals surface area contributed by atoms with Crippen LogP contribution in [0.3, 0.4) is 0 Å². The van der Waals surface area contributed by atoms with E-state index in [2.05, 4.69) is 290 Å². The summed E-state index contributed by atoms with van der Waals surface area (Å²) >= 11 is 7.08. The number of rotatable bonds is 16. The van der Waals surface area contributed by atoms with Gasteiger partial charge in [-0.15, -0.1) is 0 Å². The molecule has 0 saturated heterocycles. The first-order valence-corrected chi connectivity index (χ1v) is 35.0. The fourth-order valence-corrected chi connectivity index (χ4v) is 12.6. The van der Waals surface area contributed by atoms with Crippen molar-refractivity contribution in [2.24, 2.45) is 0 Å². The SMILES string of the molecule is Brc1ccc(-c2nc(-c3ccccc3)c(-c3ccccc3)nc2-c2ccc(Br)cc2)cc1.c1ccc(-c2nc(-c3ccc(N(c4ccccc4)c4ccccc4)cc3)c(-c3ccc(N(c4ccccc4)c4ccccc4)cc3)nc2-c2ccccc2)cc1.c1ccc(Nc2ccccc2)cc1.